The SMILES string of the molecule is CC(C)CCN1CCN(C(=O)c2cccc(Br)c2Cl)CC1. The smallest absolute Gasteiger partial charge is 0.255 e. The summed E-state index contributed by atoms with van der Waals surface area (Å²) in [6.07, 6.45) is 1.21. The Balaban J connectivity index is 1.93. The summed E-state index contributed by atoms with van der Waals surface area (Å²) < 4.78 is 0.769. The molecule has 116 valence electrons. The molecular weight excluding hydrogens is 352 g/mol. The Morgan fingerprint density at radius 3 is 2.57 bits per heavy atom. The maximum absolute atomic E-state index is 12.5. The highest BCUT2D eigenvalue weighted by molar-refractivity contribution is 9.10. The molecule has 3 nitrogen and oxygen atoms in total. The summed E-state index contributed by atoms with van der Waals surface area (Å²) in [5, 5.41) is 0.504. The normalized spacial score (nSPS) is 16.5. The summed E-state index contributed by atoms with van der Waals surface area (Å²) in [5.74, 6) is 0.759. The fourth-order valence-electron chi connectivity index (χ4n) is 2.45. The molecule has 1 aromatic carbocycles. The van der Waals surface area contributed by atoms with E-state index in [4.69, 9.17) is 11.6 Å². The summed E-state index contributed by atoms with van der Waals surface area (Å²) in [6, 6.07) is 5.49. The van der Waals surface area contributed by atoms with E-state index in [-0.39, 0.29) is 5.91 Å². The number of benzene rings is 1. The average molecular weight is 374 g/mol. The lowest BCUT2D eigenvalue weighted by Crippen LogP contribution is -2.49. The first-order valence-electron chi connectivity index (χ1n) is 7.44. The number of amides is 1. The zero-order chi connectivity index (χ0) is 15.4. The van der Waals surface area contributed by atoms with E-state index in [1.807, 2.05) is 17.0 Å². The second-order valence-electron chi connectivity index (χ2n) is 5.92. The quantitative estimate of drug-likeness (QED) is 0.799. The molecule has 1 heterocycles. The third kappa shape index (κ3) is 4.44. The fourth-order valence-corrected chi connectivity index (χ4v) is 3.03. The van der Waals surface area contributed by atoms with Crippen LogP contribution in [-0.2, 0) is 0 Å². The second-order valence-corrected chi connectivity index (χ2v) is 7.15. The van der Waals surface area contributed by atoms with Crippen molar-refractivity contribution in [2.45, 2.75) is 20.3 Å². The Morgan fingerprint density at radius 1 is 1.29 bits per heavy atom. The third-order valence-electron chi connectivity index (χ3n) is 3.86. The molecule has 1 aromatic rings. The van der Waals surface area contributed by atoms with Crippen molar-refractivity contribution in [3.63, 3.8) is 0 Å². The molecule has 0 atom stereocenters. The van der Waals surface area contributed by atoms with Gasteiger partial charge in [0.25, 0.3) is 5.91 Å². The van der Waals surface area contributed by atoms with Gasteiger partial charge in [0.1, 0.15) is 0 Å². The van der Waals surface area contributed by atoms with Crippen LogP contribution < -0.4 is 0 Å². The standard InChI is InChI=1S/C16H22BrClN2O/c1-12(2)6-7-19-8-10-20(11-9-19)16(21)13-4-3-5-14(17)15(13)18/h3-5,12H,6-11H2,1-2H3. The van der Waals surface area contributed by atoms with E-state index < -0.39 is 0 Å². The number of hydrogen-bond acceptors (Lipinski definition) is 2. The Morgan fingerprint density at radius 2 is 1.95 bits per heavy atom. The predicted octanol–water partition coefficient (Wildman–Crippen LogP) is 3.91. The minimum atomic E-state index is 0.0322. The number of nitrogens with zero attached hydrogens (tertiary/aromatic N) is 2. The molecule has 0 saturated carbocycles. The molecule has 1 fully saturated rings. The molecule has 0 unspecified atom stereocenters. The van der Waals surface area contributed by atoms with Crippen LogP contribution in [-0.4, -0.2) is 48.4 Å². The molecule has 1 saturated heterocycles. The fraction of sp³-hybridized carbons (Fsp3) is 0.562. The highest BCUT2D eigenvalue weighted by Crippen LogP contribution is 2.27. The first-order chi connectivity index (χ1) is 9.99. The van der Waals surface area contributed by atoms with E-state index in [1.54, 1.807) is 6.07 Å². The van der Waals surface area contributed by atoms with Crippen LogP contribution in [0, 0.1) is 5.92 Å². The molecule has 0 aromatic heterocycles. The van der Waals surface area contributed by atoms with Crippen molar-refractivity contribution < 1.29 is 4.79 Å². The summed E-state index contributed by atoms with van der Waals surface area (Å²) >= 11 is 9.59. The van der Waals surface area contributed by atoms with E-state index in [1.165, 1.54) is 6.42 Å². The van der Waals surface area contributed by atoms with Crippen molar-refractivity contribution in [2.75, 3.05) is 32.7 Å². The highest BCUT2D eigenvalue weighted by atomic mass is 79.9. The Labute approximate surface area is 140 Å². The molecule has 1 aliphatic rings. The molecule has 0 N–H and O–H groups in total. The van der Waals surface area contributed by atoms with Gasteiger partial charge in [-0.2, -0.15) is 0 Å². The number of halogens is 2. The molecular formula is C16H22BrClN2O. The second kappa shape index (κ2) is 7.61. The monoisotopic (exact) mass is 372 g/mol. The van der Waals surface area contributed by atoms with Crippen molar-refractivity contribution in [3.8, 4) is 0 Å². The zero-order valence-corrected chi connectivity index (χ0v) is 15.0. The van der Waals surface area contributed by atoms with E-state index in [0.29, 0.717) is 10.6 Å². The molecule has 1 amide bonds. The number of rotatable bonds is 4. The Kier molecular flexibility index (Phi) is 6.08. The van der Waals surface area contributed by atoms with E-state index in [0.717, 1.165) is 43.1 Å². The van der Waals surface area contributed by atoms with Crippen molar-refractivity contribution in [2.24, 2.45) is 5.92 Å². The van der Waals surface area contributed by atoms with Gasteiger partial charge < -0.3 is 4.90 Å². The number of hydrogen-bond donors (Lipinski definition) is 0. The van der Waals surface area contributed by atoms with Gasteiger partial charge in [0.2, 0.25) is 0 Å². The van der Waals surface area contributed by atoms with Crippen LogP contribution in [0.2, 0.25) is 5.02 Å². The Hall–Kier alpha value is -0.580. The van der Waals surface area contributed by atoms with Gasteiger partial charge in [-0.25, -0.2) is 0 Å². The van der Waals surface area contributed by atoms with Gasteiger partial charge in [0.05, 0.1) is 10.6 Å². The average Bonchev–Trinajstić information content (AvgIpc) is 2.48. The third-order valence-corrected chi connectivity index (χ3v) is 5.16. The Bertz CT molecular complexity index is 499. The zero-order valence-electron chi connectivity index (χ0n) is 12.6. The van der Waals surface area contributed by atoms with Crippen molar-refractivity contribution in [3.05, 3.63) is 33.3 Å². The maximum Gasteiger partial charge on any atom is 0.255 e. The number of carbonyl (C=O) groups excluding carboxylic acids is 1. The summed E-state index contributed by atoms with van der Waals surface area (Å²) in [5.41, 5.74) is 0.585. The predicted molar refractivity (Wildman–Crippen MR) is 91.0 cm³/mol. The lowest BCUT2D eigenvalue weighted by Gasteiger charge is -2.35. The van der Waals surface area contributed by atoms with Crippen LogP contribution in [0.3, 0.4) is 0 Å². The maximum atomic E-state index is 12.5. The van der Waals surface area contributed by atoms with Crippen LogP contribution in [0.25, 0.3) is 0 Å². The van der Waals surface area contributed by atoms with Crippen LogP contribution in [0.1, 0.15) is 30.6 Å². The molecule has 5 heteroatoms. The van der Waals surface area contributed by atoms with Gasteiger partial charge in [0.15, 0.2) is 0 Å². The number of piperazine rings is 1. The summed E-state index contributed by atoms with van der Waals surface area (Å²) in [7, 11) is 0. The summed E-state index contributed by atoms with van der Waals surface area (Å²) in [6.45, 7) is 9.06. The lowest BCUT2D eigenvalue weighted by atomic mass is 10.1. The lowest BCUT2D eigenvalue weighted by molar-refractivity contribution is 0.0632. The van der Waals surface area contributed by atoms with Crippen molar-refractivity contribution in [1.82, 2.24) is 9.80 Å². The van der Waals surface area contributed by atoms with Crippen molar-refractivity contribution in [1.29, 1.82) is 0 Å². The van der Waals surface area contributed by atoms with Gasteiger partial charge in [-0.1, -0.05) is 31.5 Å². The van der Waals surface area contributed by atoms with E-state index in [2.05, 4.69) is 34.7 Å². The molecule has 2 rings (SSSR count). The first kappa shape index (κ1) is 16.8. The van der Waals surface area contributed by atoms with E-state index >= 15 is 0 Å². The van der Waals surface area contributed by atoms with Crippen LogP contribution in [0.5, 0.6) is 0 Å². The molecule has 0 bridgehead atoms. The van der Waals surface area contributed by atoms with Crippen LogP contribution in [0.15, 0.2) is 22.7 Å². The molecule has 0 radical (unpaired) electrons. The van der Waals surface area contributed by atoms with E-state index in [9.17, 15) is 4.79 Å². The number of carbonyl (C=O) groups is 1. The minimum Gasteiger partial charge on any atom is -0.336 e. The highest BCUT2D eigenvalue weighted by Gasteiger charge is 2.23. The minimum absolute atomic E-state index is 0.0322. The van der Waals surface area contributed by atoms with Gasteiger partial charge in [-0.05, 0) is 46.9 Å². The topological polar surface area (TPSA) is 23.6 Å². The molecule has 1 aliphatic heterocycles. The molecule has 0 spiro atoms. The molecule has 0 aliphatic carbocycles. The van der Waals surface area contributed by atoms with Crippen LogP contribution in [0.4, 0.5) is 0 Å². The van der Waals surface area contributed by atoms with Crippen LogP contribution >= 0.6 is 27.5 Å². The van der Waals surface area contributed by atoms with Gasteiger partial charge in [-0.15, -0.1) is 0 Å². The first-order valence-corrected chi connectivity index (χ1v) is 8.61. The van der Waals surface area contributed by atoms with Gasteiger partial charge >= 0.3 is 0 Å². The van der Waals surface area contributed by atoms with Crippen molar-refractivity contribution >= 4 is 33.4 Å². The largest absolute Gasteiger partial charge is 0.336 e. The molecule has 21 heavy (non-hydrogen) atoms. The van der Waals surface area contributed by atoms with Gasteiger partial charge in [-0.3, -0.25) is 9.69 Å². The summed E-state index contributed by atoms with van der Waals surface area (Å²) in [4.78, 5) is 16.9. The van der Waals surface area contributed by atoms with Gasteiger partial charge in [0, 0.05) is 30.7 Å².